The molecule has 1 saturated heterocycles. The number of imidazole rings is 1. The fourth-order valence-electron chi connectivity index (χ4n) is 5.53. The van der Waals surface area contributed by atoms with Crippen LogP contribution >= 0.6 is 0 Å². The molecule has 5 aromatic heterocycles. The standard InChI is InChI=1S/C32H27FN12/c33-21-5-8-25(38-18-21)26-16-27-31(43-42-26)41-32(24-2-1-12-37-30(24)35)45(27)23-6-3-20(4-7-23)19-44-14-10-22(11-15-44)39-28-9-13-36-29(17-34)40-28/h1-9,12-13,16,18,22H,10-11,14-15,19H2,(H2,35,37)(H,36,39,40). The van der Waals surface area contributed by atoms with Gasteiger partial charge in [0.25, 0.3) is 0 Å². The quantitative estimate of drug-likeness (QED) is 0.268. The first-order chi connectivity index (χ1) is 22.0. The van der Waals surface area contributed by atoms with Crippen molar-refractivity contribution < 1.29 is 4.39 Å². The number of fused-ring (bicyclic) bond motifs is 1. The summed E-state index contributed by atoms with van der Waals surface area (Å²) in [5.74, 6) is 1.36. The summed E-state index contributed by atoms with van der Waals surface area (Å²) >= 11 is 0. The highest BCUT2D eigenvalue weighted by molar-refractivity contribution is 5.84. The summed E-state index contributed by atoms with van der Waals surface area (Å²) in [6, 6.07) is 20.8. The number of nitrogen functional groups attached to an aromatic ring is 1. The van der Waals surface area contributed by atoms with Gasteiger partial charge < -0.3 is 11.1 Å². The first-order valence-corrected chi connectivity index (χ1v) is 14.4. The molecule has 0 amide bonds. The zero-order valence-electron chi connectivity index (χ0n) is 24.0. The van der Waals surface area contributed by atoms with E-state index >= 15 is 0 Å². The molecule has 0 bridgehead atoms. The summed E-state index contributed by atoms with van der Waals surface area (Å²) in [5.41, 5.74) is 11.1. The summed E-state index contributed by atoms with van der Waals surface area (Å²) in [6.07, 6.45) is 6.32. The molecule has 0 aliphatic carbocycles. The highest BCUT2D eigenvalue weighted by atomic mass is 19.1. The second kappa shape index (κ2) is 12.0. The van der Waals surface area contributed by atoms with Crippen molar-refractivity contribution in [3.63, 3.8) is 0 Å². The molecule has 1 aliphatic heterocycles. The van der Waals surface area contributed by atoms with Crippen molar-refractivity contribution in [1.29, 1.82) is 5.26 Å². The molecule has 45 heavy (non-hydrogen) atoms. The van der Waals surface area contributed by atoms with Crippen LogP contribution in [0.4, 0.5) is 16.0 Å². The molecular weight excluding hydrogens is 571 g/mol. The molecule has 1 aliphatic rings. The summed E-state index contributed by atoms with van der Waals surface area (Å²) in [5, 5.41) is 21.2. The molecule has 1 aromatic carbocycles. The number of pyridine rings is 2. The maximum Gasteiger partial charge on any atom is 0.234 e. The number of aromatic nitrogens is 8. The lowest BCUT2D eigenvalue weighted by molar-refractivity contribution is 0.211. The van der Waals surface area contributed by atoms with Gasteiger partial charge in [-0.05, 0) is 66.9 Å². The van der Waals surface area contributed by atoms with Crippen molar-refractivity contribution in [3.05, 3.63) is 96.5 Å². The number of nitrogens with one attached hydrogen (secondary N) is 1. The van der Waals surface area contributed by atoms with E-state index in [1.165, 1.54) is 11.6 Å². The lowest BCUT2D eigenvalue weighted by atomic mass is 10.0. The Kier molecular flexibility index (Phi) is 7.46. The number of benzene rings is 1. The molecular formula is C32H27FN12. The van der Waals surface area contributed by atoms with Crippen molar-refractivity contribution in [2.75, 3.05) is 24.1 Å². The Morgan fingerprint density at radius 3 is 2.53 bits per heavy atom. The predicted octanol–water partition coefficient (Wildman–Crippen LogP) is 4.40. The number of hydrogen-bond donors (Lipinski definition) is 2. The predicted molar refractivity (Wildman–Crippen MR) is 166 cm³/mol. The molecule has 1 fully saturated rings. The Hall–Kier alpha value is -5.87. The van der Waals surface area contributed by atoms with Gasteiger partial charge in [0.05, 0.1) is 23.0 Å². The first kappa shape index (κ1) is 27.9. The maximum atomic E-state index is 13.5. The van der Waals surface area contributed by atoms with Gasteiger partial charge in [0.2, 0.25) is 11.5 Å². The second-order valence-corrected chi connectivity index (χ2v) is 10.7. The summed E-state index contributed by atoms with van der Waals surface area (Å²) in [6.45, 7) is 2.69. The monoisotopic (exact) mass is 598 g/mol. The normalized spacial score (nSPS) is 14.0. The number of anilines is 2. The number of nitriles is 1. The molecule has 222 valence electrons. The summed E-state index contributed by atoms with van der Waals surface area (Å²) in [4.78, 5) is 23.8. The number of nitrogens with zero attached hydrogens (tertiary/aromatic N) is 10. The third kappa shape index (κ3) is 5.86. The minimum atomic E-state index is -0.425. The topological polar surface area (TPSA) is 160 Å². The van der Waals surface area contributed by atoms with Crippen molar-refractivity contribution in [1.82, 2.24) is 44.6 Å². The Morgan fingerprint density at radius 2 is 1.78 bits per heavy atom. The zero-order chi connectivity index (χ0) is 30.8. The van der Waals surface area contributed by atoms with E-state index in [0.717, 1.165) is 44.4 Å². The van der Waals surface area contributed by atoms with E-state index in [-0.39, 0.29) is 11.9 Å². The number of halogens is 1. The maximum absolute atomic E-state index is 13.5. The Bertz CT molecular complexity index is 2010. The van der Waals surface area contributed by atoms with Crippen molar-refractivity contribution in [2.24, 2.45) is 0 Å². The van der Waals surface area contributed by atoms with E-state index in [0.29, 0.717) is 45.6 Å². The van der Waals surface area contributed by atoms with Gasteiger partial charge in [0, 0.05) is 43.8 Å². The average molecular weight is 599 g/mol. The molecule has 13 heteroatoms. The van der Waals surface area contributed by atoms with Crippen LogP contribution in [-0.2, 0) is 6.54 Å². The van der Waals surface area contributed by atoms with Crippen LogP contribution in [0.15, 0.2) is 79.3 Å². The van der Waals surface area contributed by atoms with Crippen LogP contribution < -0.4 is 11.1 Å². The van der Waals surface area contributed by atoms with E-state index in [1.54, 1.807) is 24.5 Å². The van der Waals surface area contributed by atoms with Gasteiger partial charge in [0.1, 0.15) is 29.2 Å². The second-order valence-electron chi connectivity index (χ2n) is 10.7. The smallest absolute Gasteiger partial charge is 0.234 e. The third-order valence-electron chi connectivity index (χ3n) is 7.78. The summed E-state index contributed by atoms with van der Waals surface area (Å²) < 4.78 is 15.5. The highest BCUT2D eigenvalue weighted by Gasteiger charge is 2.21. The number of hydrogen-bond acceptors (Lipinski definition) is 11. The Balaban J connectivity index is 1.13. The van der Waals surface area contributed by atoms with Crippen LogP contribution in [0.1, 0.15) is 24.2 Å². The van der Waals surface area contributed by atoms with E-state index in [1.807, 2.05) is 28.8 Å². The zero-order valence-corrected chi connectivity index (χ0v) is 24.0. The SMILES string of the molecule is N#Cc1nccc(NC2CCN(Cc3ccc(-n4c(-c5cccnc5N)nc5nnc(-c6ccc(F)cn6)cc54)cc3)CC2)n1. The van der Waals surface area contributed by atoms with E-state index in [4.69, 9.17) is 16.0 Å². The lowest BCUT2D eigenvalue weighted by Gasteiger charge is -2.32. The molecule has 0 spiro atoms. The Labute approximate surface area is 257 Å². The van der Waals surface area contributed by atoms with Crippen LogP contribution in [0.25, 0.3) is 39.6 Å². The lowest BCUT2D eigenvalue weighted by Crippen LogP contribution is -2.38. The molecule has 6 heterocycles. The minimum Gasteiger partial charge on any atom is -0.383 e. The van der Waals surface area contributed by atoms with Gasteiger partial charge in [-0.2, -0.15) is 5.26 Å². The number of piperidine rings is 1. The van der Waals surface area contributed by atoms with E-state index in [9.17, 15) is 4.39 Å². The van der Waals surface area contributed by atoms with Crippen LogP contribution in [0.2, 0.25) is 0 Å². The van der Waals surface area contributed by atoms with Gasteiger partial charge in [0.15, 0.2) is 5.82 Å². The molecule has 0 atom stereocenters. The highest BCUT2D eigenvalue weighted by Crippen LogP contribution is 2.31. The molecule has 7 rings (SSSR count). The molecule has 0 saturated carbocycles. The van der Waals surface area contributed by atoms with Crippen molar-refractivity contribution >= 4 is 22.8 Å². The van der Waals surface area contributed by atoms with Gasteiger partial charge in [-0.1, -0.05) is 12.1 Å². The summed E-state index contributed by atoms with van der Waals surface area (Å²) in [7, 11) is 0. The molecule has 0 radical (unpaired) electrons. The third-order valence-corrected chi connectivity index (χ3v) is 7.78. The van der Waals surface area contributed by atoms with Crippen LogP contribution in [0.5, 0.6) is 0 Å². The van der Waals surface area contributed by atoms with Crippen LogP contribution in [0, 0.1) is 17.1 Å². The van der Waals surface area contributed by atoms with Crippen molar-refractivity contribution in [3.8, 4) is 34.5 Å². The Morgan fingerprint density at radius 1 is 0.933 bits per heavy atom. The van der Waals surface area contributed by atoms with Crippen molar-refractivity contribution in [2.45, 2.75) is 25.4 Å². The number of rotatable bonds is 7. The van der Waals surface area contributed by atoms with Gasteiger partial charge in [-0.15, -0.1) is 10.2 Å². The fraction of sp³-hybridized carbons (Fsp3) is 0.188. The van der Waals surface area contributed by atoms with E-state index < -0.39 is 5.82 Å². The van der Waals surface area contributed by atoms with Crippen LogP contribution in [-0.4, -0.2) is 63.7 Å². The van der Waals surface area contributed by atoms with Gasteiger partial charge in [-0.3, -0.25) is 14.5 Å². The molecule has 12 nitrogen and oxygen atoms in total. The minimum absolute atomic E-state index is 0.166. The van der Waals surface area contributed by atoms with Gasteiger partial charge >= 0.3 is 0 Å². The molecule has 6 aromatic rings. The van der Waals surface area contributed by atoms with Gasteiger partial charge in [-0.25, -0.2) is 24.3 Å². The first-order valence-electron chi connectivity index (χ1n) is 14.4. The number of nitrogens with two attached hydrogens (primary N) is 1. The molecule has 0 unspecified atom stereocenters. The van der Waals surface area contributed by atoms with Crippen LogP contribution in [0.3, 0.4) is 0 Å². The largest absolute Gasteiger partial charge is 0.383 e. The molecule has 3 N–H and O–H groups in total. The van der Waals surface area contributed by atoms with E-state index in [2.05, 4.69) is 64.6 Å². The average Bonchev–Trinajstić information content (AvgIpc) is 3.45. The number of likely N-dealkylation sites (tertiary alicyclic amines) is 1. The fourth-order valence-corrected chi connectivity index (χ4v) is 5.53.